The molecule has 1 aromatic heterocycles. The topological polar surface area (TPSA) is 60.0 Å². The molecule has 0 saturated carbocycles. The molecule has 2 aromatic carbocycles. The van der Waals surface area contributed by atoms with Crippen LogP contribution in [0.4, 0.5) is 0 Å². The average Bonchev–Trinajstić information content (AvgIpc) is 2.73. The Morgan fingerprint density at radius 1 is 1.16 bits per heavy atom. The number of hydrogen-bond donors (Lipinski definition) is 2. The van der Waals surface area contributed by atoms with E-state index in [0.29, 0.717) is 6.42 Å². The fourth-order valence-corrected chi connectivity index (χ4v) is 2.55. The summed E-state index contributed by atoms with van der Waals surface area (Å²) in [7, 11) is 2.04. The van der Waals surface area contributed by atoms with Gasteiger partial charge in [0.2, 0.25) is 5.91 Å². The van der Waals surface area contributed by atoms with Gasteiger partial charge in [0, 0.05) is 28.9 Å². The van der Waals surface area contributed by atoms with Crippen LogP contribution in [0.2, 0.25) is 0 Å². The van der Waals surface area contributed by atoms with Gasteiger partial charge in [0.25, 0.3) is 0 Å². The Morgan fingerprint density at radius 3 is 2.68 bits per heavy atom. The number of rotatable bonds is 2. The van der Waals surface area contributed by atoms with Crippen molar-refractivity contribution in [1.82, 2.24) is 9.99 Å². The molecule has 0 fully saturated rings. The minimum absolute atomic E-state index is 0.182. The van der Waals surface area contributed by atoms with Crippen molar-refractivity contribution in [2.45, 2.75) is 6.42 Å². The van der Waals surface area contributed by atoms with Gasteiger partial charge in [0.1, 0.15) is 0 Å². The Kier molecular flexibility index (Phi) is 2.72. The SMILES string of the molecule is Cn1c2ccccc2c2ccc(CC(=O)NN)cc21. The number of aromatic nitrogens is 1. The maximum absolute atomic E-state index is 11.3. The Bertz CT molecular complexity index is 774. The van der Waals surface area contributed by atoms with E-state index in [2.05, 4.69) is 28.2 Å². The number of nitrogens with two attached hydrogens (primary N) is 1. The molecule has 0 aliphatic carbocycles. The van der Waals surface area contributed by atoms with Gasteiger partial charge >= 0.3 is 0 Å². The maximum Gasteiger partial charge on any atom is 0.238 e. The van der Waals surface area contributed by atoms with E-state index in [0.717, 1.165) is 11.1 Å². The lowest BCUT2D eigenvalue weighted by atomic mass is 10.1. The molecule has 0 bridgehead atoms. The van der Waals surface area contributed by atoms with Crippen LogP contribution in [0.3, 0.4) is 0 Å². The summed E-state index contributed by atoms with van der Waals surface area (Å²) in [6, 6.07) is 14.4. The van der Waals surface area contributed by atoms with Gasteiger partial charge in [-0.15, -0.1) is 0 Å². The number of fused-ring (bicyclic) bond motifs is 3. The van der Waals surface area contributed by atoms with Crippen LogP contribution >= 0.6 is 0 Å². The average molecular weight is 253 g/mol. The Morgan fingerprint density at radius 2 is 1.89 bits per heavy atom. The van der Waals surface area contributed by atoms with Crippen LogP contribution in [0.25, 0.3) is 21.8 Å². The number of para-hydroxylation sites is 1. The van der Waals surface area contributed by atoms with E-state index in [1.54, 1.807) is 0 Å². The molecule has 3 N–H and O–H groups in total. The first kappa shape index (κ1) is 11.7. The Hall–Kier alpha value is -2.33. The molecule has 1 heterocycles. The summed E-state index contributed by atoms with van der Waals surface area (Å²) in [5.41, 5.74) is 5.44. The molecular weight excluding hydrogens is 238 g/mol. The molecule has 0 atom stereocenters. The molecule has 0 unspecified atom stereocenters. The van der Waals surface area contributed by atoms with Gasteiger partial charge in [-0.2, -0.15) is 0 Å². The standard InChI is InChI=1S/C15H15N3O/c1-18-13-5-3-2-4-11(13)12-7-6-10(8-14(12)18)9-15(19)17-16/h2-8H,9,16H2,1H3,(H,17,19). The molecule has 0 aliphatic rings. The van der Waals surface area contributed by atoms with Crippen LogP contribution in [0.15, 0.2) is 42.5 Å². The van der Waals surface area contributed by atoms with Gasteiger partial charge in [-0.1, -0.05) is 30.3 Å². The number of carbonyl (C=O) groups excluding carboxylic acids is 1. The first-order valence-corrected chi connectivity index (χ1v) is 6.16. The fraction of sp³-hybridized carbons (Fsp3) is 0.133. The van der Waals surface area contributed by atoms with Crippen molar-refractivity contribution in [2.24, 2.45) is 12.9 Å². The monoisotopic (exact) mass is 253 g/mol. The van der Waals surface area contributed by atoms with E-state index in [9.17, 15) is 4.79 Å². The highest BCUT2D eigenvalue weighted by atomic mass is 16.2. The smallest absolute Gasteiger partial charge is 0.238 e. The summed E-state index contributed by atoms with van der Waals surface area (Å²) in [6.45, 7) is 0. The molecule has 3 aromatic rings. The summed E-state index contributed by atoms with van der Waals surface area (Å²) < 4.78 is 2.15. The molecule has 1 amide bonds. The first-order chi connectivity index (χ1) is 9.20. The molecule has 19 heavy (non-hydrogen) atoms. The number of hydrogen-bond acceptors (Lipinski definition) is 2. The summed E-state index contributed by atoms with van der Waals surface area (Å²) in [6.07, 6.45) is 0.300. The molecular formula is C15H15N3O. The first-order valence-electron chi connectivity index (χ1n) is 6.16. The van der Waals surface area contributed by atoms with Crippen molar-refractivity contribution >= 4 is 27.7 Å². The predicted octanol–water partition coefficient (Wildman–Crippen LogP) is 1.86. The van der Waals surface area contributed by atoms with Gasteiger partial charge in [-0.05, 0) is 17.7 Å². The zero-order valence-electron chi connectivity index (χ0n) is 10.7. The second-order valence-corrected chi connectivity index (χ2v) is 4.67. The van der Waals surface area contributed by atoms with Gasteiger partial charge < -0.3 is 4.57 Å². The van der Waals surface area contributed by atoms with Gasteiger partial charge in [-0.3, -0.25) is 10.2 Å². The zero-order valence-corrected chi connectivity index (χ0v) is 10.7. The van der Waals surface area contributed by atoms with Crippen molar-refractivity contribution in [1.29, 1.82) is 0 Å². The molecule has 0 aliphatic heterocycles. The molecule has 96 valence electrons. The Balaban J connectivity index is 2.20. The van der Waals surface area contributed by atoms with Crippen LogP contribution in [0.5, 0.6) is 0 Å². The van der Waals surface area contributed by atoms with Gasteiger partial charge in [-0.25, -0.2) is 5.84 Å². The molecule has 0 spiro atoms. The third-order valence-corrected chi connectivity index (χ3v) is 3.50. The van der Waals surface area contributed by atoms with Crippen LogP contribution in [-0.2, 0) is 18.3 Å². The molecule has 0 saturated heterocycles. The molecule has 4 heteroatoms. The minimum atomic E-state index is -0.182. The summed E-state index contributed by atoms with van der Waals surface area (Å²) in [5.74, 6) is 4.94. The second-order valence-electron chi connectivity index (χ2n) is 4.67. The quantitative estimate of drug-likeness (QED) is 0.416. The van der Waals surface area contributed by atoms with Gasteiger partial charge in [0.05, 0.1) is 6.42 Å². The normalized spacial score (nSPS) is 11.1. The summed E-state index contributed by atoms with van der Waals surface area (Å²) in [4.78, 5) is 11.3. The van der Waals surface area contributed by atoms with Crippen LogP contribution < -0.4 is 11.3 Å². The second kappa shape index (κ2) is 4.40. The van der Waals surface area contributed by atoms with Crippen LogP contribution in [0.1, 0.15) is 5.56 Å². The predicted molar refractivity (Wildman–Crippen MR) is 76.5 cm³/mol. The highest BCUT2D eigenvalue weighted by molar-refractivity contribution is 6.08. The maximum atomic E-state index is 11.3. The molecule has 3 rings (SSSR count). The number of benzene rings is 2. The lowest BCUT2D eigenvalue weighted by Gasteiger charge is -2.02. The minimum Gasteiger partial charge on any atom is -0.344 e. The number of hydrazine groups is 1. The Labute approximate surface area is 110 Å². The van der Waals surface area contributed by atoms with Crippen molar-refractivity contribution in [2.75, 3.05) is 0 Å². The van der Waals surface area contributed by atoms with Crippen molar-refractivity contribution in [3.8, 4) is 0 Å². The fourth-order valence-electron chi connectivity index (χ4n) is 2.55. The lowest BCUT2D eigenvalue weighted by molar-refractivity contribution is -0.120. The number of nitrogens with zero attached hydrogens (tertiary/aromatic N) is 1. The number of nitrogens with one attached hydrogen (secondary N) is 1. The van der Waals surface area contributed by atoms with Gasteiger partial charge in [0.15, 0.2) is 0 Å². The van der Waals surface area contributed by atoms with Crippen molar-refractivity contribution in [3.63, 3.8) is 0 Å². The van der Waals surface area contributed by atoms with Crippen molar-refractivity contribution < 1.29 is 4.79 Å². The van der Waals surface area contributed by atoms with E-state index in [1.807, 2.05) is 31.3 Å². The number of amides is 1. The largest absolute Gasteiger partial charge is 0.344 e. The van der Waals surface area contributed by atoms with Crippen LogP contribution in [-0.4, -0.2) is 10.5 Å². The molecule has 4 nitrogen and oxygen atoms in total. The summed E-state index contributed by atoms with van der Waals surface area (Å²) in [5, 5.41) is 2.44. The number of aryl methyl sites for hydroxylation is 1. The van der Waals surface area contributed by atoms with E-state index >= 15 is 0 Å². The van der Waals surface area contributed by atoms with E-state index < -0.39 is 0 Å². The van der Waals surface area contributed by atoms with E-state index in [-0.39, 0.29) is 5.91 Å². The lowest BCUT2D eigenvalue weighted by Crippen LogP contribution is -2.31. The van der Waals surface area contributed by atoms with Crippen molar-refractivity contribution in [3.05, 3.63) is 48.0 Å². The number of carbonyl (C=O) groups is 1. The highest BCUT2D eigenvalue weighted by Crippen LogP contribution is 2.28. The van der Waals surface area contributed by atoms with E-state index in [1.165, 1.54) is 16.3 Å². The summed E-state index contributed by atoms with van der Waals surface area (Å²) >= 11 is 0. The third kappa shape index (κ3) is 1.86. The van der Waals surface area contributed by atoms with Crippen LogP contribution in [0, 0.1) is 0 Å². The molecule has 0 radical (unpaired) electrons. The van der Waals surface area contributed by atoms with E-state index in [4.69, 9.17) is 5.84 Å². The zero-order chi connectivity index (χ0) is 13.4. The highest BCUT2D eigenvalue weighted by Gasteiger charge is 2.09. The third-order valence-electron chi connectivity index (χ3n) is 3.50.